The molecule has 0 N–H and O–H groups in total. The lowest BCUT2D eigenvalue weighted by atomic mass is 10.1. The molecular formula is C15H14N2O2. The van der Waals surface area contributed by atoms with Crippen LogP contribution in [-0.2, 0) is 7.05 Å². The summed E-state index contributed by atoms with van der Waals surface area (Å²) in [5.74, 6) is 0.844. The molecule has 0 aliphatic heterocycles. The minimum absolute atomic E-state index is 0.813. The molecule has 0 aliphatic rings. The van der Waals surface area contributed by atoms with E-state index in [-0.39, 0.29) is 0 Å². The Hall–Kier alpha value is -2.49. The van der Waals surface area contributed by atoms with Gasteiger partial charge in [-0.15, -0.1) is 0 Å². The Kier molecular flexibility index (Phi) is 2.63. The average Bonchev–Trinajstić information content (AvgIpc) is 2.76. The number of hydrogen-bond donors (Lipinski definition) is 0. The summed E-state index contributed by atoms with van der Waals surface area (Å²) in [6.07, 6.45) is 3.08. The number of nitrogens with zero attached hydrogens (tertiary/aromatic N) is 2. The van der Waals surface area contributed by atoms with Crippen molar-refractivity contribution in [3.63, 3.8) is 0 Å². The number of ether oxygens (including phenoxy) is 1. The molecule has 0 saturated carbocycles. The van der Waals surface area contributed by atoms with Gasteiger partial charge in [0.15, 0.2) is 5.69 Å². The van der Waals surface area contributed by atoms with Gasteiger partial charge in [-0.2, -0.15) is 0 Å². The van der Waals surface area contributed by atoms with Crippen LogP contribution in [0.4, 0.5) is 0 Å². The molecule has 0 atom stereocenters. The summed E-state index contributed by atoms with van der Waals surface area (Å²) in [6.45, 7) is 0. The van der Waals surface area contributed by atoms with E-state index < -0.39 is 0 Å². The number of imidazole rings is 1. The lowest BCUT2D eigenvalue weighted by molar-refractivity contribution is -0.604. The van der Waals surface area contributed by atoms with Crippen molar-refractivity contribution in [2.45, 2.75) is 0 Å². The molecule has 96 valence electrons. The number of hydrogen-bond acceptors (Lipinski definition) is 2. The van der Waals surface area contributed by atoms with Gasteiger partial charge in [0, 0.05) is 5.56 Å². The number of aryl methyl sites for hydroxylation is 1. The smallest absolute Gasteiger partial charge is 0.247 e. The Morgan fingerprint density at radius 1 is 1.11 bits per heavy atom. The number of aromatic nitrogens is 2. The fourth-order valence-corrected chi connectivity index (χ4v) is 2.27. The van der Waals surface area contributed by atoms with Gasteiger partial charge in [0.25, 0.3) is 0 Å². The van der Waals surface area contributed by atoms with Crippen LogP contribution >= 0.6 is 0 Å². The molecule has 0 bridgehead atoms. The highest BCUT2D eigenvalue weighted by Gasteiger charge is 2.10. The third kappa shape index (κ3) is 2.01. The highest BCUT2D eigenvalue weighted by atomic mass is 16.5. The maximum Gasteiger partial charge on any atom is 0.247 e. The first kappa shape index (κ1) is 11.6. The second-order valence-electron chi connectivity index (χ2n) is 4.53. The van der Waals surface area contributed by atoms with Gasteiger partial charge in [0.1, 0.15) is 11.9 Å². The van der Waals surface area contributed by atoms with Gasteiger partial charge < -0.3 is 9.94 Å². The fourth-order valence-electron chi connectivity index (χ4n) is 2.27. The predicted molar refractivity (Wildman–Crippen MR) is 73.9 cm³/mol. The molecule has 0 spiro atoms. The molecule has 4 nitrogen and oxygen atoms in total. The zero-order valence-corrected chi connectivity index (χ0v) is 10.8. The lowest BCUT2D eigenvalue weighted by Crippen LogP contribution is -2.21. The Bertz CT molecular complexity index is 747. The summed E-state index contributed by atoms with van der Waals surface area (Å²) in [5.41, 5.74) is 1.92. The predicted octanol–water partition coefficient (Wildman–Crippen LogP) is 2.49. The summed E-state index contributed by atoms with van der Waals surface area (Å²) in [5, 5.41) is 13.6. The van der Waals surface area contributed by atoms with E-state index in [0.717, 1.165) is 32.5 Å². The van der Waals surface area contributed by atoms with Crippen LogP contribution in [0.25, 0.3) is 22.0 Å². The largest absolute Gasteiger partial charge is 0.711 e. The van der Waals surface area contributed by atoms with E-state index in [1.165, 1.54) is 6.33 Å². The van der Waals surface area contributed by atoms with Crippen LogP contribution in [0.5, 0.6) is 5.75 Å². The van der Waals surface area contributed by atoms with Crippen LogP contribution in [-0.4, -0.2) is 11.7 Å². The zero-order chi connectivity index (χ0) is 13.4. The molecule has 3 aromatic rings. The fraction of sp³-hybridized carbons (Fsp3) is 0.133. The van der Waals surface area contributed by atoms with E-state index >= 15 is 0 Å². The standard InChI is InChI=1S/C15H14N2O2/c1-16-10-17(18)9-15(16)13-4-3-12-8-14(19-2)6-5-11(12)7-13/h3-10H,1-2H3. The number of fused-ring (bicyclic) bond motifs is 1. The second-order valence-corrected chi connectivity index (χ2v) is 4.53. The van der Waals surface area contributed by atoms with Crippen molar-refractivity contribution in [2.24, 2.45) is 7.05 Å². The molecule has 0 unspecified atom stereocenters. The summed E-state index contributed by atoms with van der Waals surface area (Å²) < 4.78 is 7.84. The van der Waals surface area contributed by atoms with E-state index in [1.807, 2.05) is 41.9 Å². The number of benzene rings is 2. The molecule has 19 heavy (non-hydrogen) atoms. The Balaban J connectivity index is 2.14. The molecule has 0 radical (unpaired) electrons. The molecule has 1 aromatic heterocycles. The number of methoxy groups -OCH3 is 1. The quantitative estimate of drug-likeness (QED) is 0.520. The summed E-state index contributed by atoms with van der Waals surface area (Å²) in [7, 11) is 3.52. The monoisotopic (exact) mass is 254 g/mol. The molecule has 3 rings (SSSR count). The van der Waals surface area contributed by atoms with Gasteiger partial charge >= 0.3 is 0 Å². The van der Waals surface area contributed by atoms with Crippen molar-refractivity contribution < 1.29 is 9.47 Å². The van der Waals surface area contributed by atoms with Gasteiger partial charge in [-0.25, -0.2) is 9.30 Å². The van der Waals surface area contributed by atoms with Crippen LogP contribution in [0.3, 0.4) is 0 Å². The van der Waals surface area contributed by atoms with Gasteiger partial charge in [-0.3, -0.25) is 0 Å². The maximum absolute atomic E-state index is 11.3. The molecule has 2 aromatic carbocycles. The third-order valence-electron chi connectivity index (χ3n) is 3.26. The Morgan fingerprint density at radius 2 is 1.84 bits per heavy atom. The van der Waals surface area contributed by atoms with Crippen molar-refractivity contribution >= 4 is 10.8 Å². The Morgan fingerprint density at radius 3 is 2.53 bits per heavy atom. The molecule has 0 aliphatic carbocycles. The Labute approximate surface area is 111 Å². The van der Waals surface area contributed by atoms with Gasteiger partial charge in [0.05, 0.1) is 14.2 Å². The van der Waals surface area contributed by atoms with Crippen LogP contribution < -0.4 is 9.47 Å². The first-order chi connectivity index (χ1) is 9.17. The minimum atomic E-state index is 0.813. The molecule has 1 heterocycles. The zero-order valence-electron chi connectivity index (χ0n) is 10.8. The van der Waals surface area contributed by atoms with Crippen LogP contribution in [0.15, 0.2) is 48.9 Å². The van der Waals surface area contributed by atoms with Crippen molar-refractivity contribution in [3.05, 3.63) is 54.1 Å². The summed E-state index contributed by atoms with van der Waals surface area (Å²) >= 11 is 0. The van der Waals surface area contributed by atoms with E-state index in [0.29, 0.717) is 0 Å². The lowest BCUT2D eigenvalue weighted by Gasteiger charge is -2.04. The third-order valence-corrected chi connectivity index (χ3v) is 3.26. The summed E-state index contributed by atoms with van der Waals surface area (Å²) in [6, 6.07) is 12.1. The van der Waals surface area contributed by atoms with E-state index in [9.17, 15) is 5.21 Å². The van der Waals surface area contributed by atoms with Crippen LogP contribution in [0.2, 0.25) is 0 Å². The molecule has 0 saturated heterocycles. The van der Waals surface area contributed by atoms with Gasteiger partial charge in [0.2, 0.25) is 6.33 Å². The van der Waals surface area contributed by atoms with E-state index in [1.54, 1.807) is 13.3 Å². The normalized spacial score (nSPS) is 10.8. The highest BCUT2D eigenvalue weighted by Crippen LogP contribution is 2.26. The number of rotatable bonds is 2. The SMILES string of the molecule is COc1ccc2cc(-c3c[n+]([O-])cn3C)ccc2c1. The van der Waals surface area contributed by atoms with Crippen molar-refractivity contribution in [1.29, 1.82) is 0 Å². The van der Waals surface area contributed by atoms with Crippen molar-refractivity contribution in [1.82, 2.24) is 4.57 Å². The highest BCUT2D eigenvalue weighted by molar-refractivity contribution is 5.87. The van der Waals surface area contributed by atoms with E-state index in [2.05, 4.69) is 6.07 Å². The molecule has 0 amide bonds. The van der Waals surface area contributed by atoms with Gasteiger partial charge in [-0.1, -0.05) is 12.1 Å². The topological polar surface area (TPSA) is 41.1 Å². The molecule has 0 fully saturated rings. The minimum Gasteiger partial charge on any atom is -0.711 e. The van der Waals surface area contributed by atoms with Crippen molar-refractivity contribution in [2.75, 3.05) is 7.11 Å². The maximum atomic E-state index is 11.3. The first-order valence-corrected chi connectivity index (χ1v) is 6.01. The summed E-state index contributed by atoms with van der Waals surface area (Å²) in [4.78, 5) is 0. The first-order valence-electron chi connectivity index (χ1n) is 6.01. The van der Waals surface area contributed by atoms with Crippen molar-refractivity contribution in [3.8, 4) is 17.0 Å². The van der Waals surface area contributed by atoms with Crippen LogP contribution in [0, 0.1) is 5.21 Å². The average molecular weight is 254 g/mol. The van der Waals surface area contributed by atoms with E-state index in [4.69, 9.17) is 4.74 Å². The van der Waals surface area contributed by atoms with Gasteiger partial charge in [-0.05, 0) is 35.0 Å². The van der Waals surface area contributed by atoms with Crippen LogP contribution in [0.1, 0.15) is 0 Å². The molecular weight excluding hydrogens is 240 g/mol. The second kappa shape index (κ2) is 4.31. The molecule has 4 heteroatoms.